The number of halogens is 1. The Morgan fingerprint density at radius 1 is 1.38 bits per heavy atom. The summed E-state index contributed by atoms with van der Waals surface area (Å²) in [4.78, 5) is 10.6. The van der Waals surface area contributed by atoms with Crippen LogP contribution in [0.4, 0.5) is 4.39 Å². The molecule has 0 spiro atoms. The van der Waals surface area contributed by atoms with Crippen molar-refractivity contribution in [1.29, 1.82) is 0 Å². The van der Waals surface area contributed by atoms with Crippen LogP contribution in [0.2, 0.25) is 0 Å². The van der Waals surface area contributed by atoms with Gasteiger partial charge in [-0.25, -0.2) is 12.8 Å². The SMILES string of the molecule is Cc1ccc(S(=O)(=O)N2CCC(CC(=O)O)CC2)cc1F. The van der Waals surface area contributed by atoms with E-state index in [1.807, 2.05) is 0 Å². The maximum absolute atomic E-state index is 13.5. The summed E-state index contributed by atoms with van der Waals surface area (Å²) in [7, 11) is -3.71. The molecule has 0 atom stereocenters. The molecule has 0 unspecified atom stereocenters. The minimum Gasteiger partial charge on any atom is -0.481 e. The Labute approximate surface area is 123 Å². The van der Waals surface area contributed by atoms with Crippen molar-refractivity contribution in [2.24, 2.45) is 5.92 Å². The van der Waals surface area contributed by atoms with Crippen LogP contribution in [-0.4, -0.2) is 36.9 Å². The van der Waals surface area contributed by atoms with Gasteiger partial charge in [0.1, 0.15) is 5.82 Å². The molecular weight excluding hydrogens is 297 g/mol. The van der Waals surface area contributed by atoms with Crippen molar-refractivity contribution in [3.05, 3.63) is 29.6 Å². The summed E-state index contributed by atoms with van der Waals surface area (Å²) in [6.07, 6.45) is 1.09. The van der Waals surface area contributed by atoms with E-state index in [2.05, 4.69) is 0 Å². The van der Waals surface area contributed by atoms with Gasteiger partial charge >= 0.3 is 5.97 Å². The Kier molecular flexibility index (Phi) is 4.63. The van der Waals surface area contributed by atoms with E-state index in [4.69, 9.17) is 5.11 Å². The van der Waals surface area contributed by atoms with E-state index in [0.29, 0.717) is 18.4 Å². The Bertz CT molecular complexity index is 636. The third-order valence-corrected chi connectivity index (χ3v) is 5.71. The van der Waals surface area contributed by atoms with Crippen molar-refractivity contribution < 1.29 is 22.7 Å². The topological polar surface area (TPSA) is 74.7 Å². The number of aliphatic carboxylic acids is 1. The second kappa shape index (κ2) is 6.11. The van der Waals surface area contributed by atoms with Gasteiger partial charge in [-0.05, 0) is 43.4 Å². The molecule has 5 nitrogen and oxygen atoms in total. The molecule has 21 heavy (non-hydrogen) atoms. The first-order valence-corrected chi connectivity index (χ1v) is 8.23. The van der Waals surface area contributed by atoms with Crippen LogP contribution >= 0.6 is 0 Å². The molecule has 1 saturated heterocycles. The molecule has 1 aromatic rings. The fourth-order valence-electron chi connectivity index (χ4n) is 2.48. The first-order valence-electron chi connectivity index (χ1n) is 6.79. The van der Waals surface area contributed by atoms with Gasteiger partial charge in [0.2, 0.25) is 10.0 Å². The molecule has 7 heteroatoms. The predicted octanol–water partition coefficient (Wildman–Crippen LogP) is 2.01. The summed E-state index contributed by atoms with van der Waals surface area (Å²) in [6, 6.07) is 3.88. The standard InChI is InChI=1S/C14H18FNO4S/c1-10-2-3-12(9-13(10)15)21(19,20)16-6-4-11(5-7-16)8-14(17)18/h2-3,9,11H,4-8H2,1H3,(H,17,18). The summed E-state index contributed by atoms with van der Waals surface area (Å²) < 4.78 is 39.7. The van der Waals surface area contributed by atoms with Crippen LogP contribution in [0.3, 0.4) is 0 Å². The van der Waals surface area contributed by atoms with Gasteiger partial charge in [-0.3, -0.25) is 4.79 Å². The number of carboxylic acids is 1. The van der Waals surface area contributed by atoms with Crippen LogP contribution in [-0.2, 0) is 14.8 Å². The van der Waals surface area contributed by atoms with Crippen molar-refractivity contribution in [3.8, 4) is 0 Å². The summed E-state index contributed by atoms with van der Waals surface area (Å²) >= 11 is 0. The number of piperidine rings is 1. The number of carbonyl (C=O) groups is 1. The number of hydrogen-bond acceptors (Lipinski definition) is 3. The van der Waals surface area contributed by atoms with E-state index in [1.54, 1.807) is 6.92 Å². The van der Waals surface area contributed by atoms with Gasteiger partial charge in [-0.2, -0.15) is 4.31 Å². The Morgan fingerprint density at radius 2 is 2.00 bits per heavy atom. The average Bonchev–Trinajstić information content (AvgIpc) is 2.41. The predicted molar refractivity (Wildman–Crippen MR) is 74.9 cm³/mol. The van der Waals surface area contributed by atoms with E-state index in [-0.39, 0.29) is 30.3 Å². The molecule has 0 radical (unpaired) electrons. The fourth-order valence-corrected chi connectivity index (χ4v) is 3.97. The smallest absolute Gasteiger partial charge is 0.303 e. The summed E-state index contributed by atoms with van der Waals surface area (Å²) in [5, 5.41) is 8.75. The number of benzene rings is 1. The Hall–Kier alpha value is -1.47. The zero-order chi connectivity index (χ0) is 15.6. The Balaban J connectivity index is 2.11. The molecule has 1 fully saturated rings. The minimum absolute atomic E-state index is 0.00343. The summed E-state index contributed by atoms with van der Waals surface area (Å²) in [6.45, 7) is 2.12. The highest BCUT2D eigenvalue weighted by molar-refractivity contribution is 7.89. The van der Waals surface area contributed by atoms with E-state index in [0.717, 1.165) is 6.07 Å². The van der Waals surface area contributed by atoms with Gasteiger partial charge in [0.25, 0.3) is 0 Å². The Morgan fingerprint density at radius 3 is 2.52 bits per heavy atom. The van der Waals surface area contributed by atoms with Crippen LogP contribution in [0.5, 0.6) is 0 Å². The minimum atomic E-state index is -3.71. The second-order valence-corrected chi connectivity index (χ2v) is 7.29. The van der Waals surface area contributed by atoms with Gasteiger partial charge in [-0.15, -0.1) is 0 Å². The summed E-state index contributed by atoms with van der Waals surface area (Å²) in [5.74, 6) is -1.41. The molecule has 1 heterocycles. The highest BCUT2D eigenvalue weighted by atomic mass is 32.2. The van der Waals surface area contributed by atoms with Crippen molar-refractivity contribution in [2.75, 3.05) is 13.1 Å². The molecule has 0 bridgehead atoms. The maximum atomic E-state index is 13.5. The lowest BCUT2D eigenvalue weighted by molar-refractivity contribution is -0.138. The molecule has 0 aromatic heterocycles. The number of aryl methyl sites for hydroxylation is 1. The van der Waals surface area contributed by atoms with Crippen LogP contribution in [0, 0.1) is 18.7 Å². The van der Waals surface area contributed by atoms with E-state index < -0.39 is 21.8 Å². The van der Waals surface area contributed by atoms with Crippen molar-refractivity contribution in [2.45, 2.75) is 31.1 Å². The van der Waals surface area contributed by atoms with Gasteiger partial charge in [0.15, 0.2) is 0 Å². The van der Waals surface area contributed by atoms with E-state index in [1.165, 1.54) is 16.4 Å². The van der Waals surface area contributed by atoms with Gasteiger partial charge < -0.3 is 5.11 Å². The molecule has 0 aliphatic carbocycles. The van der Waals surface area contributed by atoms with Crippen LogP contribution in [0.25, 0.3) is 0 Å². The zero-order valence-corrected chi connectivity index (χ0v) is 12.6. The molecule has 2 rings (SSSR count). The van der Waals surface area contributed by atoms with Crippen molar-refractivity contribution in [3.63, 3.8) is 0 Å². The van der Waals surface area contributed by atoms with Gasteiger partial charge in [0, 0.05) is 19.5 Å². The van der Waals surface area contributed by atoms with Crippen LogP contribution in [0.15, 0.2) is 23.1 Å². The normalized spacial score (nSPS) is 17.8. The summed E-state index contributed by atoms with van der Waals surface area (Å²) in [5.41, 5.74) is 0.397. The lowest BCUT2D eigenvalue weighted by atomic mass is 9.95. The molecule has 0 saturated carbocycles. The van der Waals surface area contributed by atoms with E-state index >= 15 is 0 Å². The lowest BCUT2D eigenvalue weighted by Crippen LogP contribution is -2.38. The van der Waals surface area contributed by atoms with Crippen molar-refractivity contribution in [1.82, 2.24) is 4.31 Å². The second-order valence-electron chi connectivity index (χ2n) is 5.36. The molecule has 1 aliphatic heterocycles. The maximum Gasteiger partial charge on any atom is 0.303 e. The molecule has 116 valence electrons. The van der Waals surface area contributed by atoms with Crippen LogP contribution < -0.4 is 0 Å². The number of rotatable bonds is 4. The van der Waals surface area contributed by atoms with E-state index in [9.17, 15) is 17.6 Å². The molecule has 1 N–H and O–H groups in total. The molecule has 1 aromatic carbocycles. The average molecular weight is 315 g/mol. The van der Waals surface area contributed by atoms with Gasteiger partial charge in [-0.1, -0.05) is 6.07 Å². The number of hydrogen-bond donors (Lipinski definition) is 1. The number of carboxylic acid groups (broad SMARTS) is 1. The molecule has 1 aliphatic rings. The van der Waals surface area contributed by atoms with Crippen molar-refractivity contribution >= 4 is 16.0 Å². The quantitative estimate of drug-likeness (QED) is 0.922. The number of nitrogens with zero attached hydrogens (tertiary/aromatic N) is 1. The molecule has 0 amide bonds. The third-order valence-electron chi connectivity index (χ3n) is 3.82. The highest BCUT2D eigenvalue weighted by Gasteiger charge is 2.30. The fraction of sp³-hybridized carbons (Fsp3) is 0.500. The highest BCUT2D eigenvalue weighted by Crippen LogP contribution is 2.26. The third kappa shape index (κ3) is 3.59. The largest absolute Gasteiger partial charge is 0.481 e. The number of sulfonamides is 1. The zero-order valence-electron chi connectivity index (χ0n) is 11.8. The molecular formula is C14H18FNO4S. The van der Waals surface area contributed by atoms with Crippen LogP contribution in [0.1, 0.15) is 24.8 Å². The lowest BCUT2D eigenvalue weighted by Gasteiger charge is -2.30. The first-order chi connectivity index (χ1) is 9.80. The van der Waals surface area contributed by atoms with Gasteiger partial charge in [0.05, 0.1) is 4.90 Å². The first kappa shape index (κ1) is 15.9. The monoisotopic (exact) mass is 315 g/mol.